The molecule has 0 heterocycles. The summed E-state index contributed by atoms with van der Waals surface area (Å²) in [5.41, 5.74) is 25.8. The molecular weight excluding hydrogens is 995 g/mol. The molecule has 0 bridgehead atoms. The Kier molecular flexibility index (Phi) is 47.3. The minimum absolute atomic E-state index is 0.0746. The van der Waals surface area contributed by atoms with E-state index < -0.39 is 0 Å². The predicted molar refractivity (Wildman–Crippen MR) is 323 cm³/mol. The van der Waals surface area contributed by atoms with Crippen molar-refractivity contribution in [2.45, 2.75) is 320 Å². The Morgan fingerprint density at radius 1 is 0.432 bits per heavy atom. The molecular formula is C69H118N2O2Pd. The molecule has 2 rings (SSSR count). The second kappa shape index (κ2) is 50.2. The van der Waals surface area contributed by atoms with Crippen molar-refractivity contribution in [3.8, 4) is 0 Å². The van der Waals surface area contributed by atoms with Crippen molar-refractivity contribution in [1.29, 1.82) is 0 Å². The number of aryl methyl sites for hydroxylation is 4. The third-order valence-electron chi connectivity index (χ3n) is 14.5. The van der Waals surface area contributed by atoms with Crippen LogP contribution in [0.15, 0.2) is 47.6 Å². The average molecular weight is 1110 g/mol. The van der Waals surface area contributed by atoms with Gasteiger partial charge < -0.3 is 5.53 Å². The molecule has 74 heavy (non-hydrogen) atoms. The summed E-state index contributed by atoms with van der Waals surface area (Å²) in [7, 11) is 0. The van der Waals surface area contributed by atoms with Crippen molar-refractivity contribution >= 4 is 11.4 Å². The van der Waals surface area contributed by atoms with Crippen molar-refractivity contribution in [2.75, 3.05) is 13.2 Å². The third-order valence-corrected chi connectivity index (χ3v) is 15.5. The molecule has 0 aliphatic carbocycles. The fraction of sp³-hybridized carbons (Fsp3) is 0.739. The van der Waals surface area contributed by atoms with Crippen molar-refractivity contribution < 1.29 is 30.4 Å². The van der Waals surface area contributed by atoms with Gasteiger partial charge in [0.25, 0.3) is 0 Å². The fourth-order valence-electron chi connectivity index (χ4n) is 10.3. The Bertz CT molecular complexity index is 1750. The van der Waals surface area contributed by atoms with E-state index in [4.69, 9.17) is 6.92 Å². The molecule has 0 fully saturated rings. The summed E-state index contributed by atoms with van der Waals surface area (Å²) in [6, 6.07) is 10.3. The Labute approximate surface area is 469 Å². The molecule has 0 N–H and O–H groups in total. The van der Waals surface area contributed by atoms with Crippen molar-refractivity contribution in [3.63, 3.8) is 0 Å². The molecule has 0 atom stereocenters. The zero-order chi connectivity index (χ0) is 54.1. The van der Waals surface area contributed by atoms with E-state index >= 15 is 0 Å². The number of nitrogens with zero attached hydrogens (tertiary/aromatic N) is 2. The summed E-state index contributed by atoms with van der Waals surface area (Å²) >= 11 is 0.0746. The van der Waals surface area contributed by atoms with Crippen LogP contribution in [0.25, 0.3) is 11.1 Å². The molecule has 0 amide bonds. The maximum absolute atomic E-state index is 10.2. The first-order valence-electron chi connectivity index (χ1n) is 31.9. The molecule has 0 radical (unpaired) electrons. The molecule has 0 saturated heterocycles. The standard InChI is InChI=1S/C63H104N2.2C3H7O.Pd/c1-9-17-22-23-24-25-26-27-28-29-30-31-32-33-34-35-36-37-38-39-47-62(57(52-65-64)45-20-12-4)63(58-48-53(40-14-6)60(42-16-8)54(49-58)41-15-7)59-50-55(43-18-10-2)61(46-21-13-5)56(51-59)44-19-11-3;2*1-2-3-4;/h39,47-51H,9-38,40-46H2,1-8H3;2*2-3H2,1H3;/q;2*-1;+2. The van der Waals surface area contributed by atoms with E-state index in [2.05, 4.69) is 116 Å². The Hall–Kier alpha value is -2.34. The molecule has 2 aromatic carbocycles. The van der Waals surface area contributed by atoms with Crippen LogP contribution < -0.4 is 0 Å². The summed E-state index contributed by atoms with van der Waals surface area (Å²) in [6.45, 7) is 24.4. The molecule has 4 nitrogen and oxygen atoms in total. The van der Waals surface area contributed by atoms with Crippen LogP contribution in [0.5, 0.6) is 0 Å². The van der Waals surface area contributed by atoms with Crippen LogP contribution in [0.4, 0.5) is 0 Å². The second-order valence-corrected chi connectivity index (χ2v) is 22.7. The van der Waals surface area contributed by atoms with Gasteiger partial charge in [0.2, 0.25) is 0 Å². The Morgan fingerprint density at radius 3 is 1.20 bits per heavy atom. The van der Waals surface area contributed by atoms with Crippen LogP contribution in [0.1, 0.15) is 326 Å². The summed E-state index contributed by atoms with van der Waals surface area (Å²) in [5, 5.41) is 0. The van der Waals surface area contributed by atoms with Gasteiger partial charge >= 0.3 is 71.4 Å². The Balaban J connectivity index is 0.00000276. The zero-order valence-electron chi connectivity index (χ0n) is 50.5. The maximum atomic E-state index is 10.2. The van der Waals surface area contributed by atoms with E-state index in [1.165, 1.54) is 200 Å². The first-order valence-corrected chi connectivity index (χ1v) is 33.2. The molecule has 426 valence electrons. The van der Waals surface area contributed by atoms with Gasteiger partial charge in [-0.25, -0.2) is 0 Å². The van der Waals surface area contributed by atoms with E-state index in [1.54, 1.807) is 22.3 Å². The molecule has 2 aromatic rings. The zero-order valence-corrected chi connectivity index (χ0v) is 52.0. The fourth-order valence-corrected chi connectivity index (χ4v) is 11.4. The molecule has 0 unspecified atom stereocenters. The number of allylic oxidation sites excluding steroid dienone is 4. The number of benzene rings is 2. The Morgan fingerprint density at radius 2 is 0.811 bits per heavy atom. The van der Waals surface area contributed by atoms with E-state index in [1.807, 2.05) is 0 Å². The molecule has 5 heteroatoms. The number of unbranched alkanes of at least 4 members (excludes halogenated alkanes) is 22. The van der Waals surface area contributed by atoms with Gasteiger partial charge in [-0.05, 0) is 134 Å². The summed E-state index contributed by atoms with van der Waals surface area (Å²) in [5.74, 6) is 3.19. The summed E-state index contributed by atoms with van der Waals surface area (Å²) < 4.78 is 10.2. The topological polar surface area (TPSA) is 54.9 Å². The van der Waals surface area contributed by atoms with Crippen LogP contribution in [-0.2, 0) is 64.2 Å². The first kappa shape index (κ1) is 69.7. The number of rotatable bonds is 47. The van der Waals surface area contributed by atoms with Gasteiger partial charge in [-0.3, -0.25) is 0 Å². The van der Waals surface area contributed by atoms with Gasteiger partial charge in [-0.1, -0.05) is 246 Å². The monoisotopic (exact) mass is 1110 g/mol. The molecule has 0 aliphatic rings. The normalized spacial score (nSPS) is 11.8. The molecule has 0 saturated carbocycles. The third kappa shape index (κ3) is 31.8. The van der Waals surface area contributed by atoms with Crippen molar-refractivity contribution in [2.24, 2.45) is 0 Å². The van der Waals surface area contributed by atoms with E-state index in [9.17, 15) is 5.53 Å². The van der Waals surface area contributed by atoms with Gasteiger partial charge in [-0.15, -0.1) is 4.79 Å². The minimum atomic E-state index is 0.0746. The molecule has 0 aliphatic heterocycles. The summed E-state index contributed by atoms with van der Waals surface area (Å²) in [6.07, 6.45) is 53.9. The van der Waals surface area contributed by atoms with Gasteiger partial charge in [0.05, 0.1) is 5.57 Å². The van der Waals surface area contributed by atoms with Crippen LogP contribution in [0, 0.1) is 0 Å². The van der Waals surface area contributed by atoms with Gasteiger partial charge in [-0.2, -0.15) is 0 Å². The van der Waals surface area contributed by atoms with Crippen LogP contribution in [0.2, 0.25) is 0 Å². The van der Waals surface area contributed by atoms with Crippen LogP contribution >= 0.6 is 0 Å². The predicted octanol–water partition coefficient (Wildman–Crippen LogP) is 22.1. The molecule has 0 aromatic heterocycles. The van der Waals surface area contributed by atoms with Gasteiger partial charge in [0.1, 0.15) is 0 Å². The van der Waals surface area contributed by atoms with E-state index in [0.717, 1.165) is 102 Å². The SMILES string of the molecule is CCCCCCCCCCCCCCCCCCCCC=CC(C(=C=[N+]=[N-])CCCC)=C(c1cc(CCC)c(CCC)c(CCC)c1)c1cc(CCCC)c(CCCC)c(CCCC)c1.CCC[O][Pd][O]CCC. The van der Waals surface area contributed by atoms with E-state index in [0.29, 0.717) is 0 Å². The van der Waals surface area contributed by atoms with Gasteiger partial charge in [0, 0.05) is 5.57 Å². The number of hydrogen-bond donors (Lipinski definition) is 0. The average Bonchev–Trinajstić information content (AvgIpc) is 3.40. The van der Waals surface area contributed by atoms with Crippen LogP contribution in [0.3, 0.4) is 0 Å². The molecule has 0 spiro atoms. The second-order valence-electron chi connectivity index (χ2n) is 21.5. The van der Waals surface area contributed by atoms with Crippen molar-refractivity contribution in [3.05, 3.63) is 97.6 Å². The van der Waals surface area contributed by atoms with Crippen LogP contribution in [-0.4, -0.2) is 23.9 Å². The quantitative estimate of drug-likeness (QED) is 0.0166. The summed E-state index contributed by atoms with van der Waals surface area (Å²) in [4.78, 5) is 3.66. The first-order chi connectivity index (χ1) is 36.4. The number of hydrogen-bond acceptors (Lipinski definition) is 2. The van der Waals surface area contributed by atoms with E-state index in [-0.39, 0.29) is 18.7 Å². The van der Waals surface area contributed by atoms with Gasteiger partial charge in [0.15, 0.2) is 0 Å². The van der Waals surface area contributed by atoms with Crippen molar-refractivity contribution in [1.82, 2.24) is 0 Å².